The van der Waals surface area contributed by atoms with E-state index in [0.29, 0.717) is 5.41 Å². The Morgan fingerprint density at radius 1 is 1.27 bits per heavy atom. The summed E-state index contributed by atoms with van der Waals surface area (Å²) in [5.41, 5.74) is 0.442. The van der Waals surface area contributed by atoms with Crippen molar-refractivity contribution in [1.82, 2.24) is 5.32 Å². The minimum absolute atomic E-state index is 0.442. The number of hydrogen-bond donors (Lipinski definition) is 1. The van der Waals surface area contributed by atoms with E-state index in [0.717, 1.165) is 32.2 Å². The van der Waals surface area contributed by atoms with Crippen molar-refractivity contribution in [1.29, 1.82) is 0 Å². The molecular weight excluding hydrogens is 186 g/mol. The molecule has 0 aromatic carbocycles. The summed E-state index contributed by atoms with van der Waals surface area (Å²) in [4.78, 5) is 0. The second-order valence-electron chi connectivity index (χ2n) is 5.60. The Bertz CT molecular complexity index is 162. The van der Waals surface area contributed by atoms with Crippen molar-refractivity contribution in [2.45, 2.75) is 46.5 Å². The van der Waals surface area contributed by atoms with Gasteiger partial charge in [0, 0.05) is 19.8 Å². The third kappa shape index (κ3) is 5.53. The Kier molecular flexibility index (Phi) is 5.62. The fourth-order valence-electron chi connectivity index (χ4n) is 2.41. The van der Waals surface area contributed by atoms with E-state index >= 15 is 0 Å². The molecule has 0 aromatic rings. The first kappa shape index (κ1) is 13.0. The molecule has 1 saturated heterocycles. The van der Waals surface area contributed by atoms with Crippen molar-refractivity contribution in [2.24, 2.45) is 11.3 Å². The predicted molar refractivity (Wildman–Crippen MR) is 65.1 cm³/mol. The lowest BCUT2D eigenvalue weighted by Gasteiger charge is -2.32. The van der Waals surface area contributed by atoms with Crippen LogP contribution in [0.25, 0.3) is 0 Å². The zero-order chi connectivity index (χ0) is 11.1. The lowest BCUT2D eigenvalue weighted by molar-refractivity contribution is 0.0512. The molecular formula is C13H27NO. The number of hydrogen-bond acceptors (Lipinski definition) is 2. The molecule has 2 heteroatoms. The van der Waals surface area contributed by atoms with Gasteiger partial charge in [0.05, 0.1) is 0 Å². The molecule has 0 unspecified atom stereocenters. The van der Waals surface area contributed by atoms with Crippen molar-refractivity contribution in [3.63, 3.8) is 0 Å². The first-order valence-electron chi connectivity index (χ1n) is 6.42. The molecule has 2 nitrogen and oxygen atoms in total. The summed E-state index contributed by atoms with van der Waals surface area (Å²) >= 11 is 0. The summed E-state index contributed by atoms with van der Waals surface area (Å²) in [6, 6.07) is 0. The molecule has 0 aliphatic carbocycles. The predicted octanol–water partition coefficient (Wildman–Crippen LogP) is 2.83. The average Bonchev–Trinajstić information content (AvgIpc) is 2.18. The van der Waals surface area contributed by atoms with E-state index in [4.69, 9.17) is 4.74 Å². The highest BCUT2D eigenvalue weighted by Crippen LogP contribution is 2.30. The maximum absolute atomic E-state index is 5.40. The van der Waals surface area contributed by atoms with E-state index in [1.807, 2.05) is 0 Å². The van der Waals surface area contributed by atoms with Crippen molar-refractivity contribution >= 4 is 0 Å². The smallest absolute Gasteiger partial charge is 0.0468 e. The van der Waals surface area contributed by atoms with Crippen LogP contribution >= 0.6 is 0 Å². The summed E-state index contributed by atoms with van der Waals surface area (Å²) < 4.78 is 5.40. The summed E-state index contributed by atoms with van der Waals surface area (Å²) in [5.74, 6) is 0.886. The van der Waals surface area contributed by atoms with Gasteiger partial charge in [-0.25, -0.2) is 0 Å². The van der Waals surface area contributed by atoms with Crippen LogP contribution in [-0.4, -0.2) is 26.3 Å². The van der Waals surface area contributed by atoms with Crippen LogP contribution < -0.4 is 5.32 Å². The third-order valence-corrected chi connectivity index (χ3v) is 3.21. The minimum atomic E-state index is 0.442. The molecule has 0 aromatic heterocycles. The van der Waals surface area contributed by atoms with Gasteiger partial charge in [-0.05, 0) is 43.6 Å². The highest BCUT2D eigenvalue weighted by Gasteiger charge is 2.24. The molecule has 0 radical (unpaired) electrons. The lowest BCUT2D eigenvalue weighted by Crippen LogP contribution is -2.33. The number of rotatable bonds is 6. The van der Waals surface area contributed by atoms with E-state index in [2.05, 4.69) is 26.1 Å². The quantitative estimate of drug-likeness (QED) is 0.685. The van der Waals surface area contributed by atoms with E-state index in [9.17, 15) is 0 Å². The van der Waals surface area contributed by atoms with Crippen molar-refractivity contribution < 1.29 is 4.74 Å². The number of ether oxygens (including phenoxy) is 1. The van der Waals surface area contributed by atoms with Gasteiger partial charge >= 0.3 is 0 Å². The van der Waals surface area contributed by atoms with Crippen molar-refractivity contribution in [3.8, 4) is 0 Å². The highest BCUT2D eigenvalue weighted by molar-refractivity contribution is 4.77. The van der Waals surface area contributed by atoms with Gasteiger partial charge in [0.2, 0.25) is 0 Å². The van der Waals surface area contributed by atoms with E-state index in [1.54, 1.807) is 0 Å². The van der Waals surface area contributed by atoms with Crippen LogP contribution in [-0.2, 0) is 4.74 Å². The van der Waals surface area contributed by atoms with Crippen molar-refractivity contribution in [2.75, 3.05) is 26.3 Å². The molecule has 0 atom stereocenters. The summed E-state index contributed by atoms with van der Waals surface area (Å²) in [7, 11) is 0. The molecule has 1 heterocycles. The van der Waals surface area contributed by atoms with Gasteiger partial charge in [0.1, 0.15) is 0 Å². The van der Waals surface area contributed by atoms with E-state index in [-0.39, 0.29) is 0 Å². The highest BCUT2D eigenvalue weighted by atomic mass is 16.5. The van der Waals surface area contributed by atoms with E-state index in [1.165, 1.54) is 25.7 Å². The van der Waals surface area contributed by atoms with Gasteiger partial charge in [-0.2, -0.15) is 0 Å². The minimum Gasteiger partial charge on any atom is -0.381 e. The third-order valence-electron chi connectivity index (χ3n) is 3.21. The largest absolute Gasteiger partial charge is 0.381 e. The Morgan fingerprint density at radius 2 is 1.93 bits per heavy atom. The molecule has 0 saturated carbocycles. The van der Waals surface area contributed by atoms with Crippen LogP contribution in [0, 0.1) is 11.3 Å². The molecule has 0 spiro atoms. The van der Waals surface area contributed by atoms with Gasteiger partial charge in [0.15, 0.2) is 0 Å². The van der Waals surface area contributed by atoms with Crippen LogP contribution in [0.2, 0.25) is 0 Å². The summed E-state index contributed by atoms with van der Waals surface area (Å²) in [6.45, 7) is 11.2. The topological polar surface area (TPSA) is 21.3 Å². The van der Waals surface area contributed by atoms with Gasteiger partial charge in [0.25, 0.3) is 0 Å². The van der Waals surface area contributed by atoms with Crippen LogP contribution in [0.3, 0.4) is 0 Å². The molecule has 1 rings (SSSR count). The summed E-state index contributed by atoms with van der Waals surface area (Å²) in [5, 5.41) is 3.53. The zero-order valence-corrected chi connectivity index (χ0v) is 10.6. The number of nitrogens with one attached hydrogen (secondary N) is 1. The lowest BCUT2D eigenvalue weighted by atomic mass is 9.80. The Hall–Kier alpha value is -0.0800. The van der Waals surface area contributed by atoms with Crippen LogP contribution in [0.15, 0.2) is 0 Å². The van der Waals surface area contributed by atoms with E-state index < -0.39 is 0 Å². The fourth-order valence-corrected chi connectivity index (χ4v) is 2.41. The Labute approximate surface area is 94.8 Å². The second-order valence-corrected chi connectivity index (χ2v) is 5.60. The van der Waals surface area contributed by atoms with Gasteiger partial charge in [-0.3, -0.25) is 0 Å². The van der Waals surface area contributed by atoms with Gasteiger partial charge in [-0.1, -0.05) is 20.8 Å². The first-order valence-corrected chi connectivity index (χ1v) is 6.42. The molecule has 1 aliphatic heterocycles. The maximum Gasteiger partial charge on any atom is 0.0468 e. The zero-order valence-electron chi connectivity index (χ0n) is 10.6. The average molecular weight is 213 g/mol. The molecule has 0 amide bonds. The fraction of sp³-hybridized carbons (Fsp3) is 1.00. The molecule has 15 heavy (non-hydrogen) atoms. The second kappa shape index (κ2) is 6.49. The standard InChI is InChI=1S/C13H27NO/c1-4-7-14-11-13(2,3)10-12-5-8-15-9-6-12/h12,14H,4-11H2,1-3H3. The molecule has 90 valence electrons. The maximum atomic E-state index is 5.40. The molecule has 0 bridgehead atoms. The van der Waals surface area contributed by atoms with Crippen molar-refractivity contribution in [3.05, 3.63) is 0 Å². The monoisotopic (exact) mass is 213 g/mol. The molecule has 1 N–H and O–H groups in total. The Morgan fingerprint density at radius 3 is 2.53 bits per heavy atom. The van der Waals surface area contributed by atoms with Gasteiger partial charge in [-0.15, -0.1) is 0 Å². The molecule has 1 fully saturated rings. The summed E-state index contributed by atoms with van der Waals surface area (Å²) in [6.07, 6.45) is 5.09. The Balaban J connectivity index is 2.20. The molecule has 1 aliphatic rings. The van der Waals surface area contributed by atoms with Crippen LogP contribution in [0.1, 0.15) is 46.5 Å². The van der Waals surface area contributed by atoms with Gasteiger partial charge < -0.3 is 10.1 Å². The first-order chi connectivity index (χ1) is 7.14. The SMILES string of the molecule is CCCNCC(C)(C)CC1CCOCC1. The van der Waals surface area contributed by atoms with Crippen LogP contribution in [0.5, 0.6) is 0 Å². The normalized spacial score (nSPS) is 19.4. The van der Waals surface area contributed by atoms with Crippen LogP contribution in [0.4, 0.5) is 0 Å².